The van der Waals surface area contributed by atoms with Crippen LogP contribution in [0.1, 0.15) is 37.7 Å². The molecule has 0 spiro atoms. The SMILES string of the molecule is NCCCc1ccc(OC(=O)C2CCC(CN)CC2)cc1. The molecule has 0 bridgehead atoms. The Labute approximate surface area is 126 Å². The number of esters is 1. The standard InChI is InChI=1S/C17H26N2O2/c18-11-1-2-13-5-9-16(10-6-13)21-17(20)15-7-3-14(12-19)4-8-15/h5-6,9-10,14-15H,1-4,7-8,11-12,18-19H2. The van der Waals surface area contributed by atoms with Crippen LogP contribution in [0.2, 0.25) is 0 Å². The van der Waals surface area contributed by atoms with E-state index in [1.54, 1.807) is 0 Å². The molecule has 1 saturated carbocycles. The number of rotatable bonds is 6. The molecule has 21 heavy (non-hydrogen) atoms. The third kappa shape index (κ3) is 4.83. The van der Waals surface area contributed by atoms with Gasteiger partial charge >= 0.3 is 5.97 Å². The molecule has 4 heteroatoms. The van der Waals surface area contributed by atoms with E-state index in [2.05, 4.69) is 0 Å². The molecular weight excluding hydrogens is 264 g/mol. The summed E-state index contributed by atoms with van der Waals surface area (Å²) >= 11 is 0. The lowest BCUT2D eigenvalue weighted by molar-refractivity contribution is -0.140. The number of hydrogen-bond donors (Lipinski definition) is 2. The lowest BCUT2D eigenvalue weighted by Gasteiger charge is -2.26. The van der Waals surface area contributed by atoms with Crippen LogP contribution < -0.4 is 16.2 Å². The van der Waals surface area contributed by atoms with Gasteiger partial charge in [-0.1, -0.05) is 12.1 Å². The first-order valence-corrected chi connectivity index (χ1v) is 7.93. The fourth-order valence-corrected chi connectivity index (χ4v) is 2.86. The molecule has 0 radical (unpaired) electrons. The van der Waals surface area contributed by atoms with Crippen molar-refractivity contribution in [1.29, 1.82) is 0 Å². The zero-order chi connectivity index (χ0) is 15.1. The van der Waals surface area contributed by atoms with Crippen molar-refractivity contribution in [3.05, 3.63) is 29.8 Å². The Bertz CT molecular complexity index is 437. The summed E-state index contributed by atoms with van der Waals surface area (Å²) in [7, 11) is 0. The van der Waals surface area contributed by atoms with Crippen molar-refractivity contribution in [1.82, 2.24) is 0 Å². The number of ether oxygens (including phenoxy) is 1. The zero-order valence-corrected chi connectivity index (χ0v) is 12.6. The van der Waals surface area contributed by atoms with Gasteiger partial charge in [-0.3, -0.25) is 4.79 Å². The molecule has 1 aliphatic rings. The van der Waals surface area contributed by atoms with E-state index >= 15 is 0 Å². The van der Waals surface area contributed by atoms with E-state index in [9.17, 15) is 4.79 Å². The Kier molecular flexibility index (Phi) is 6.21. The summed E-state index contributed by atoms with van der Waals surface area (Å²) in [6.45, 7) is 1.42. The molecule has 2 rings (SSSR count). The summed E-state index contributed by atoms with van der Waals surface area (Å²) in [4.78, 5) is 12.1. The summed E-state index contributed by atoms with van der Waals surface area (Å²) in [5.41, 5.74) is 12.4. The van der Waals surface area contributed by atoms with Gasteiger partial charge in [-0.15, -0.1) is 0 Å². The molecule has 4 N–H and O–H groups in total. The number of hydrogen-bond acceptors (Lipinski definition) is 4. The maximum atomic E-state index is 12.1. The molecule has 0 heterocycles. The molecular formula is C17H26N2O2. The van der Waals surface area contributed by atoms with Crippen molar-refractivity contribution in [3.8, 4) is 5.75 Å². The molecule has 0 amide bonds. The second-order valence-corrected chi connectivity index (χ2v) is 5.91. The predicted octanol–water partition coefficient (Wildman–Crippen LogP) is 2.25. The smallest absolute Gasteiger partial charge is 0.314 e. The van der Waals surface area contributed by atoms with Crippen molar-refractivity contribution < 1.29 is 9.53 Å². The van der Waals surface area contributed by atoms with Gasteiger partial charge in [0.05, 0.1) is 5.92 Å². The molecule has 0 aromatic heterocycles. The third-order valence-corrected chi connectivity index (χ3v) is 4.32. The van der Waals surface area contributed by atoms with Crippen LogP contribution in [0.5, 0.6) is 5.75 Å². The summed E-state index contributed by atoms with van der Waals surface area (Å²) in [5.74, 6) is 1.15. The monoisotopic (exact) mass is 290 g/mol. The molecule has 1 fully saturated rings. The van der Waals surface area contributed by atoms with Crippen LogP contribution in [0.25, 0.3) is 0 Å². The number of aryl methyl sites for hydroxylation is 1. The van der Waals surface area contributed by atoms with E-state index in [1.807, 2.05) is 24.3 Å². The topological polar surface area (TPSA) is 78.3 Å². The summed E-state index contributed by atoms with van der Waals surface area (Å²) < 4.78 is 5.49. The van der Waals surface area contributed by atoms with E-state index in [1.165, 1.54) is 5.56 Å². The van der Waals surface area contributed by atoms with E-state index in [-0.39, 0.29) is 11.9 Å². The van der Waals surface area contributed by atoms with Crippen LogP contribution in [-0.2, 0) is 11.2 Å². The second-order valence-electron chi connectivity index (χ2n) is 5.91. The minimum Gasteiger partial charge on any atom is -0.426 e. The molecule has 1 aromatic rings. The van der Waals surface area contributed by atoms with Crippen molar-refractivity contribution in [2.75, 3.05) is 13.1 Å². The highest BCUT2D eigenvalue weighted by Gasteiger charge is 2.27. The van der Waals surface area contributed by atoms with Crippen molar-refractivity contribution >= 4 is 5.97 Å². The van der Waals surface area contributed by atoms with E-state index in [4.69, 9.17) is 16.2 Å². The highest BCUT2D eigenvalue weighted by molar-refractivity contribution is 5.75. The fourth-order valence-electron chi connectivity index (χ4n) is 2.86. The van der Waals surface area contributed by atoms with Crippen molar-refractivity contribution in [3.63, 3.8) is 0 Å². The summed E-state index contributed by atoms with van der Waals surface area (Å²) in [5, 5.41) is 0. The van der Waals surface area contributed by atoms with Gasteiger partial charge in [0.1, 0.15) is 5.75 Å². The fraction of sp³-hybridized carbons (Fsp3) is 0.588. The van der Waals surface area contributed by atoms with Gasteiger partial charge in [0.25, 0.3) is 0 Å². The zero-order valence-electron chi connectivity index (χ0n) is 12.6. The lowest BCUT2D eigenvalue weighted by atomic mass is 9.82. The first-order chi connectivity index (χ1) is 10.2. The van der Waals surface area contributed by atoms with Crippen LogP contribution in [-0.4, -0.2) is 19.1 Å². The Hall–Kier alpha value is -1.39. The van der Waals surface area contributed by atoms with Crippen LogP contribution in [0, 0.1) is 11.8 Å². The molecule has 1 aromatic carbocycles. The van der Waals surface area contributed by atoms with E-state index in [0.29, 0.717) is 18.2 Å². The number of nitrogens with two attached hydrogens (primary N) is 2. The first kappa shape index (κ1) is 16.0. The highest BCUT2D eigenvalue weighted by Crippen LogP contribution is 2.29. The summed E-state index contributed by atoms with van der Waals surface area (Å²) in [6.07, 6.45) is 5.81. The van der Waals surface area contributed by atoms with Gasteiger partial charge in [0.2, 0.25) is 0 Å². The first-order valence-electron chi connectivity index (χ1n) is 7.93. The average molecular weight is 290 g/mol. The Morgan fingerprint density at radius 2 is 1.76 bits per heavy atom. The van der Waals surface area contributed by atoms with Gasteiger partial charge < -0.3 is 16.2 Å². The maximum absolute atomic E-state index is 12.1. The quantitative estimate of drug-likeness (QED) is 0.622. The molecule has 1 aliphatic carbocycles. The molecule has 4 nitrogen and oxygen atoms in total. The van der Waals surface area contributed by atoms with Crippen LogP contribution >= 0.6 is 0 Å². The molecule has 0 atom stereocenters. The Morgan fingerprint density at radius 3 is 2.33 bits per heavy atom. The summed E-state index contributed by atoms with van der Waals surface area (Å²) in [6, 6.07) is 7.75. The van der Waals surface area contributed by atoms with Gasteiger partial charge in [-0.25, -0.2) is 0 Å². The number of carbonyl (C=O) groups excluding carboxylic acids is 1. The normalized spacial score (nSPS) is 22.0. The Balaban J connectivity index is 1.82. The number of carbonyl (C=O) groups is 1. The predicted molar refractivity (Wildman–Crippen MR) is 84.0 cm³/mol. The van der Waals surface area contributed by atoms with E-state index in [0.717, 1.165) is 45.1 Å². The highest BCUT2D eigenvalue weighted by atomic mass is 16.5. The van der Waals surface area contributed by atoms with Gasteiger partial charge in [-0.2, -0.15) is 0 Å². The molecule has 116 valence electrons. The molecule has 0 saturated heterocycles. The third-order valence-electron chi connectivity index (χ3n) is 4.32. The lowest BCUT2D eigenvalue weighted by Crippen LogP contribution is -2.28. The average Bonchev–Trinajstić information content (AvgIpc) is 2.54. The van der Waals surface area contributed by atoms with E-state index < -0.39 is 0 Å². The molecule has 0 unspecified atom stereocenters. The molecule has 0 aliphatic heterocycles. The largest absolute Gasteiger partial charge is 0.426 e. The van der Waals surface area contributed by atoms with Crippen LogP contribution in [0.4, 0.5) is 0 Å². The van der Waals surface area contributed by atoms with Crippen LogP contribution in [0.15, 0.2) is 24.3 Å². The van der Waals surface area contributed by atoms with Gasteiger partial charge in [0.15, 0.2) is 0 Å². The van der Waals surface area contributed by atoms with Crippen LogP contribution in [0.3, 0.4) is 0 Å². The van der Waals surface area contributed by atoms with Crippen molar-refractivity contribution in [2.45, 2.75) is 38.5 Å². The van der Waals surface area contributed by atoms with Crippen molar-refractivity contribution in [2.24, 2.45) is 23.3 Å². The Morgan fingerprint density at radius 1 is 1.10 bits per heavy atom. The second kappa shape index (κ2) is 8.15. The number of benzene rings is 1. The van der Waals surface area contributed by atoms with Gasteiger partial charge in [-0.05, 0) is 75.2 Å². The van der Waals surface area contributed by atoms with Gasteiger partial charge in [0, 0.05) is 0 Å². The minimum atomic E-state index is -0.0971. The minimum absolute atomic E-state index is 0.0321. The maximum Gasteiger partial charge on any atom is 0.314 e.